The van der Waals surface area contributed by atoms with Crippen LogP contribution in [0.3, 0.4) is 0 Å². The standard InChI is InChI=1S/C17H32ClNO4Si/c1-5-9-14(18)22-16(21)19-13-17(10-7-6-8-11-17)12-15(20)23-24(2,3)4/h14H,5-13H2,1-4H3,(H,19,21). The minimum Gasteiger partial charge on any atom is -0.520 e. The number of rotatable bonds is 8. The molecule has 0 aromatic heterocycles. The van der Waals surface area contributed by atoms with E-state index in [9.17, 15) is 9.59 Å². The maximum Gasteiger partial charge on any atom is 0.408 e. The van der Waals surface area contributed by atoms with Gasteiger partial charge in [0, 0.05) is 6.54 Å². The van der Waals surface area contributed by atoms with Crippen molar-refractivity contribution in [3.63, 3.8) is 0 Å². The summed E-state index contributed by atoms with van der Waals surface area (Å²) in [4.78, 5) is 24.2. The molecule has 0 aromatic rings. The second-order valence-electron chi connectivity index (χ2n) is 7.78. The van der Waals surface area contributed by atoms with E-state index < -0.39 is 20.0 Å². The molecule has 0 heterocycles. The van der Waals surface area contributed by atoms with Crippen molar-refractivity contribution in [3.8, 4) is 0 Å². The van der Waals surface area contributed by atoms with Crippen molar-refractivity contribution in [2.24, 2.45) is 5.41 Å². The fraction of sp³-hybridized carbons (Fsp3) is 0.882. The van der Waals surface area contributed by atoms with Gasteiger partial charge in [0.05, 0.1) is 6.42 Å². The van der Waals surface area contributed by atoms with Gasteiger partial charge in [-0.05, 0) is 44.3 Å². The van der Waals surface area contributed by atoms with Gasteiger partial charge in [-0.1, -0.05) is 44.2 Å². The highest BCUT2D eigenvalue weighted by Crippen LogP contribution is 2.39. The molecule has 0 saturated heterocycles. The van der Waals surface area contributed by atoms with Gasteiger partial charge in [0.1, 0.15) is 0 Å². The van der Waals surface area contributed by atoms with Crippen LogP contribution in [0.15, 0.2) is 0 Å². The van der Waals surface area contributed by atoms with Crippen molar-refractivity contribution in [1.82, 2.24) is 5.32 Å². The van der Waals surface area contributed by atoms with E-state index in [1.165, 1.54) is 6.42 Å². The lowest BCUT2D eigenvalue weighted by molar-refractivity contribution is -0.138. The summed E-state index contributed by atoms with van der Waals surface area (Å²) in [6.45, 7) is 8.42. The monoisotopic (exact) mass is 377 g/mol. The molecule has 0 aliphatic heterocycles. The molecule has 1 unspecified atom stereocenters. The van der Waals surface area contributed by atoms with E-state index in [4.69, 9.17) is 20.8 Å². The Balaban J connectivity index is 2.58. The summed E-state index contributed by atoms with van der Waals surface area (Å²) in [6.07, 6.45) is 6.51. The van der Waals surface area contributed by atoms with Gasteiger partial charge in [-0.2, -0.15) is 0 Å². The molecule has 140 valence electrons. The molecular weight excluding hydrogens is 346 g/mol. The van der Waals surface area contributed by atoms with Crippen molar-refractivity contribution < 1.29 is 18.8 Å². The van der Waals surface area contributed by atoms with Crippen molar-refractivity contribution in [2.45, 2.75) is 83.5 Å². The molecule has 0 spiro atoms. The zero-order valence-corrected chi connectivity index (χ0v) is 17.2. The molecule has 5 nitrogen and oxygen atoms in total. The molecule has 1 amide bonds. The Morgan fingerprint density at radius 2 is 1.83 bits per heavy atom. The minimum atomic E-state index is -1.89. The van der Waals surface area contributed by atoms with Crippen molar-refractivity contribution in [2.75, 3.05) is 6.54 Å². The first-order valence-electron chi connectivity index (χ1n) is 8.96. The smallest absolute Gasteiger partial charge is 0.408 e. The Morgan fingerprint density at radius 1 is 1.21 bits per heavy atom. The van der Waals surface area contributed by atoms with E-state index in [1.54, 1.807) is 0 Å². The minimum absolute atomic E-state index is 0.146. The SMILES string of the molecule is CCCC(Cl)OC(=O)NCC1(CC(=O)O[Si](C)(C)C)CCCCC1. The second-order valence-corrected chi connectivity index (χ2v) is 12.7. The van der Waals surface area contributed by atoms with Crippen LogP contribution in [0.2, 0.25) is 19.6 Å². The largest absolute Gasteiger partial charge is 0.520 e. The van der Waals surface area contributed by atoms with Crippen LogP contribution < -0.4 is 5.32 Å². The van der Waals surface area contributed by atoms with Gasteiger partial charge >= 0.3 is 6.09 Å². The van der Waals surface area contributed by atoms with Gasteiger partial charge in [0.15, 0.2) is 5.56 Å². The van der Waals surface area contributed by atoms with E-state index in [1.807, 2.05) is 26.6 Å². The molecule has 1 fully saturated rings. The molecular formula is C17H32ClNO4Si. The summed E-state index contributed by atoms with van der Waals surface area (Å²) in [7, 11) is -1.89. The Labute approximate surface area is 151 Å². The first-order valence-corrected chi connectivity index (χ1v) is 12.8. The molecule has 1 N–H and O–H groups in total. The third-order valence-corrected chi connectivity index (χ3v) is 5.36. The first-order chi connectivity index (χ1) is 11.2. The quantitative estimate of drug-likeness (QED) is 0.487. The molecule has 0 bridgehead atoms. The fourth-order valence-electron chi connectivity index (χ4n) is 3.10. The number of hydrogen-bond donors (Lipinski definition) is 1. The molecule has 1 atom stereocenters. The average Bonchev–Trinajstić information content (AvgIpc) is 2.44. The fourth-order valence-corrected chi connectivity index (χ4v) is 4.16. The van der Waals surface area contributed by atoms with Gasteiger partial charge in [-0.3, -0.25) is 4.79 Å². The molecule has 0 radical (unpaired) electrons. The highest BCUT2D eigenvalue weighted by molar-refractivity contribution is 6.71. The number of ether oxygens (including phenoxy) is 1. The third kappa shape index (κ3) is 8.38. The second kappa shape index (κ2) is 9.66. The summed E-state index contributed by atoms with van der Waals surface area (Å²) < 4.78 is 10.7. The molecule has 1 aliphatic carbocycles. The zero-order chi connectivity index (χ0) is 18.2. The lowest BCUT2D eigenvalue weighted by atomic mass is 9.72. The van der Waals surface area contributed by atoms with Crippen molar-refractivity contribution in [3.05, 3.63) is 0 Å². The number of alkyl halides is 1. The van der Waals surface area contributed by atoms with Gasteiger partial charge in [-0.25, -0.2) is 4.79 Å². The maximum atomic E-state index is 12.3. The number of carbonyl (C=O) groups excluding carboxylic acids is 2. The molecule has 1 aliphatic rings. The van der Waals surface area contributed by atoms with Crippen LogP contribution >= 0.6 is 11.6 Å². The maximum absolute atomic E-state index is 12.3. The molecule has 0 aromatic carbocycles. The Morgan fingerprint density at radius 3 is 2.38 bits per heavy atom. The van der Waals surface area contributed by atoms with Gasteiger partial charge in [-0.15, -0.1) is 0 Å². The highest BCUT2D eigenvalue weighted by Gasteiger charge is 2.36. The lowest BCUT2D eigenvalue weighted by Crippen LogP contribution is -2.42. The predicted octanol–water partition coefficient (Wildman–Crippen LogP) is 4.80. The van der Waals surface area contributed by atoms with E-state index in [0.717, 1.165) is 32.1 Å². The van der Waals surface area contributed by atoms with E-state index in [2.05, 4.69) is 5.32 Å². The van der Waals surface area contributed by atoms with Crippen LogP contribution in [0.4, 0.5) is 4.79 Å². The number of nitrogens with one attached hydrogen (secondary N) is 1. The normalized spacial score (nSPS) is 18.5. The van der Waals surface area contributed by atoms with Gasteiger partial charge in [0.2, 0.25) is 8.32 Å². The van der Waals surface area contributed by atoms with Crippen LogP contribution in [-0.4, -0.2) is 32.5 Å². The summed E-state index contributed by atoms with van der Waals surface area (Å²) in [5, 5.41) is 2.81. The highest BCUT2D eigenvalue weighted by atomic mass is 35.5. The van der Waals surface area contributed by atoms with Crippen molar-refractivity contribution in [1.29, 1.82) is 0 Å². The van der Waals surface area contributed by atoms with Crippen LogP contribution in [0.5, 0.6) is 0 Å². The first kappa shape index (κ1) is 21.3. The van der Waals surface area contributed by atoms with Crippen LogP contribution in [0.25, 0.3) is 0 Å². The summed E-state index contributed by atoms with van der Waals surface area (Å²) >= 11 is 5.94. The Bertz CT molecular complexity index is 419. The topological polar surface area (TPSA) is 64.6 Å². The van der Waals surface area contributed by atoms with E-state index in [0.29, 0.717) is 19.4 Å². The molecule has 1 rings (SSSR count). The number of halogens is 1. The average molecular weight is 378 g/mol. The Kier molecular flexibility index (Phi) is 8.57. The van der Waals surface area contributed by atoms with Crippen LogP contribution in [0, 0.1) is 5.41 Å². The molecule has 1 saturated carbocycles. The number of amides is 1. The number of hydrogen-bond acceptors (Lipinski definition) is 4. The van der Waals surface area contributed by atoms with Crippen LogP contribution in [-0.2, 0) is 14.0 Å². The van der Waals surface area contributed by atoms with E-state index in [-0.39, 0.29) is 11.4 Å². The number of carbonyl (C=O) groups is 2. The number of alkyl carbamates (subject to hydrolysis) is 1. The lowest BCUT2D eigenvalue weighted by Gasteiger charge is -2.37. The predicted molar refractivity (Wildman–Crippen MR) is 98.6 cm³/mol. The van der Waals surface area contributed by atoms with Gasteiger partial charge in [0.25, 0.3) is 5.97 Å². The van der Waals surface area contributed by atoms with E-state index >= 15 is 0 Å². The summed E-state index contributed by atoms with van der Waals surface area (Å²) in [5.41, 5.74) is -0.824. The third-order valence-electron chi connectivity index (χ3n) is 4.21. The Hall–Kier alpha value is -0.753. The zero-order valence-electron chi connectivity index (χ0n) is 15.5. The molecule has 24 heavy (non-hydrogen) atoms. The van der Waals surface area contributed by atoms with Crippen LogP contribution in [0.1, 0.15) is 58.3 Å². The summed E-state index contributed by atoms with van der Waals surface area (Å²) in [5.74, 6) is -0.146. The summed E-state index contributed by atoms with van der Waals surface area (Å²) in [6, 6.07) is 0. The van der Waals surface area contributed by atoms with Gasteiger partial charge < -0.3 is 14.5 Å². The molecule has 7 heteroatoms. The van der Waals surface area contributed by atoms with Crippen molar-refractivity contribution >= 4 is 32.0 Å².